The first-order valence-electron chi connectivity index (χ1n) is 12.2. The highest BCUT2D eigenvalue weighted by atomic mass is 35.5. The van der Waals surface area contributed by atoms with Crippen LogP contribution in [0.3, 0.4) is 0 Å². The highest BCUT2D eigenvalue weighted by Gasteiger charge is 2.39. The van der Waals surface area contributed by atoms with Crippen molar-refractivity contribution in [3.05, 3.63) is 100 Å². The van der Waals surface area contributed by atoms with E-state index in [4.69, 9.17) is 16.3 Å². The number of anilines is 3. The monoisotopic (exact) mass is 531 g/mol. The van der Waals surface area contributed by atoms with Crippen LogP contribution in [0.1, 0.15) is 46.5 Å². The minimum absolute atomic E-state index is 0.0768. The van der Waals surface area contributed by atoms with Crippen molar-refractivity contribution >= 4 is 52.4 Å². The molecule has 3 aromatic carbocycles. The number of carbonyl (C=O) groups is 4. The lowest BCUT2D eigenvalue weighted by molar-refractivity contribution is -0.120. The van der Waals surface area contributed by atoms with Gasteiger partial charge in [0.15, 0.2) is 0 Å². The summed E-state index contributed by atoms with van der Waals surface area (Å²) in [7, 11) is 0. The van der Waals surface area contributed by atoms with Crippen LogP contribution in [0.2, 0.25) is 0 Å². The Morgan fingerprint density at radius 3 is 2.21 bits per heavy atom. The standard InChI is InChI=1S/C29H26ClN3O5/c1-3-15-38-29(37)20-8-6-10-22(17-20)32-26(34)19-7-5-9-21(16-19)31-25-24(30)27(35)33(28(25)36)23-13-11-18(4-2)12-14-23/h5-14,16-17,31H,3-4,15H2,1-2H3,(H,32,34). The summed E-state index contributed by atoms with van der Waals surface area (Å²) in [5, 5.41) is 5.40. The zero-order valence-corrected chi connectivity index (χ0v) is 21.7. The fraction of sp³-hybridized carbons (Fsp3) is 0.172. The molecule has 0 atom stereocenters. The van der Waals surface area contributed by atoms with Crippen molar-refractivity contribution in [3.8, 4) is 0 Å². The highest BCUT2D eigenvalue weighted by molar-refractivity contribution is 6.53. The van der Waals surface area contributed by atoms with E-state index in [1.54, 1.807) is 48.5 Å². The van der Waals surface area contributed by atoms with Crippen molar-refractivity contribution in [1.82, 2.24) is 0 Å². The third-order valence-corrected chi connectivity index (χ3v) is 6.17. The van der Waals surface area contributed by atoms with Crippen molar-refractivity contribution in [2.45, 2.75) is 26.7 Å². The zero-order chi connectivity index (χ0) is 27.2. The molecule has 0 unspecified atom stereocenters. The Bertz CT molecular complexity index is 1430. The average Bonchev–Trinajstić information content (AvgIpc) is 3.14. The molecule has 0 saturated carbocycles. The molecule has 0 aliphatic carbocycles. The molecule has 8 nitrogen and oxygen atoms in total. The van der Waals surface area contributed by atoms with E-state index in [0.29, 0.717) is 35.7 Å². The predicted octanol–water partition coefficient (Wildman–Crippen LogP) is 5.50. The van der Waals surface area contributed by atoms with Gasteiger partial charge in [-0.05, 0) is 66.9 Å². The molecule has 38 heavy (non-hydrogen) atoms. The minimum Gasteiger partial charge on any atom is -0.462 e. The van der Waals surface area contributed by atoms with E-state index in [-0.39, 0.29) is 16.3 Å². The van der Waals surface area contributed by atoms with E-state index in [1.807, 2.05) is 26.0 Å². The number of hydrogen-bond donors (Lipinski definition) is 2. The summed E-state index contributed by atoms with van der Waals surface area (Å²) in [6.45, 7) is 4.23. The number of nitrogens with one attached hydrogen (secondary N) is 2. The first kappa shape index (κ1) is 26.6. The average molecular weight is 532 g/mol. The summed E-state index contributed by atoms with van der Waals surface area (Å²) in [4.78, 5) is 51.9. The summed E-state index contributed by atoms with van der Waals surface area (Å²) < 4.78 is 5.14. The largest absolute Gasteiger partial charge is 0.462 e. The van der Waals surface area contributed by atoms with Gasteiger partial charge in [0.25, 0.3) is 17.7 Å². The van der Waals surface area contributed by atoms with Crippen molar-refractivity contribution in [3.63, 3.8) is 0 Å². The van der Waals surface area contributed by atoms with Crippen molar-refractivity contribution in [1.29, 1.82) is 0 Å². The van der Waals surface area contributed by atoms with Gasteiger partial charge < -0.3 is 15.4 Å². The maximum Gasteiger partial charge on any atom is 0.338 e. The fourth-order valence-corrected chi connectivity index (χ4v) is 4.03. The van der Waals surface area contributed by atoms with Crippen LogP contribution < -0.4 is 15.5 Å². The third kappa shape index (κ3) is 5.76. The maximum absolute atomic E-state index is 13.1. The number of rotatable bonds is 9. The second-order valence-corrected chi connectivity index (χ2v) is 8.91. The number of esters is 1. The number of ether oxygens (including phenoxy) is 1. The van der Waals surface area contributed by atoms with Gasteiger partial charge in [-0.15, -0.1) is 0 Å². The van der Waals surface area contributed by atoms with Crippen LogP contribution >= 0.6 is 11.6 Å². The zero-order valence-electron chi connectivity index (χ0n) is 20.9. The lowest BCUT2D eigenvalue weighted by atomic mass is 10.1. The van der Waals surface area contributed by atoms with Gasteiger partial charge >= 0.3 is 5.97 Å². The predicted molar refractivity (Wildman–Crippen MR) is 146 cm³/mol. The summed E-state index contributed by atoms with van der Waals surface area (Å²) in [5.74, 6) is -2.12. The van der Waals surface area contributed by atoms with Gasteiger partial charge in [-0.2, -0.15) is 0 Å². The van der Waals surface area contributed by atoms with E-state index in [2.05, 4.69) is 10.6 Å². The van der Waals surface area contributed by atoms with Crippen molar-refractivity contribution in [2.75, 3.05) is 22.1 Å². The van der Waals surface area contributed by atoms with Gasteiger partial charge in [0.1, 0.15) is 10.7 Å². The Hall–Kier alpha value is -4.43. The van der Waals surface area contributed by atoms with Gasteiger partial charge in [0.05, 0.1) is 17.9 Å². The van der Waals surface area contributed by atoms with E-state index < -0.39 is 23.7 Å². The Labute approximate surface area is 225 Å². The number of halogens is 1. The molecule has 3 aromatic rings. The normalized spacial score (nSPS) is 13.1. The van der Waals surface area contributed by atoms with Gasteiger partial charge in [0.2, 0.25) is 0 Å². The summed E-state index contributed by atoms with van der Waals surface area (Å²) in [5.41, 5.74) is 2.84. The van der Waals surface area contributed by atoms with Gasteiger partial charge in [-0.25, -0.2) is 9.69 Å². The van der Waals surface area contributed by atoms with Gasteiger partial charge in [-0.3, -0.25) is 14.4 Å². The SMILES string of the molecule is CCCOC(=O)c1cccc(NC(=O)c2cccc(NC3=C(Cl)C(=O)N(c4ccc(CC)cc4)C3=O)c2)c1. The van der Waals surface area contributed by atoms with Crippen molar-refractivity contribution < 1.29 is 23.9 Å². The molecule has 0 saturated heterocycles. The third-order valence-electron chi connectivity index (χ3n) is 5.82. The molecular weight excluding hydrogens is 506 g/mol. The fourth-order valence-electron chi connectivity index (χ4n) is 3.81. The molecule has 0 fully saturated rings. The molecule has 1 aliphatic heterocycles. The van der Waals surface area contributed by atoms with Crippen molar-refractivity contribution in [2.24, 2.45) is 0 Å². The van der Waals surface area contributed by atoms with E-state index >= 15 is 0 Å². The van der Waals surface area contributed by atoms with E-state index in [9.17, 15) is 19.2 Å². The lowest BCUT2D eigenvalue weighted by Crippen LogP contribution is -2.32. The van der Waals surface area contributed by atoms with Crippen LogP contribution in [-0.4, -0.2) is 30.3 Å². The number of benzene rings is 3. The van der Waals surface area contributed by atoms with Crippen LogP contribution in [0.15, 0.2) is 83.5 Å². The molecule has 4 rings (SSSR count). The molecule has 0 spiro atoms. The molecule has 2 N–H and O–H groups in total. The molecular formula is C29H26ClN3O5. The summed E-state index contributed by atoms with van der Waals surface area (Å²) >= 11 is 6.25. The summed E-state index contributed by atoms with van der Waals surface area (Å²) in [6, 6.07) is 20.0. The Morgan fingerprint density at radius 1 is 0.868 bits per heavy atom. The molecule has 0 aromatic heterocycles. The molecule has 1 aliphatic rings. The van der Waals surface area contributed by atoms with E-state index in [0.717, 1.165) is 16.9 Å². The first-order valence-corrected chi connectivity index (χ1v) is 12.5. The molecule has 0 bridgehead atoms. The molecule has 3 amide bonds. The first-order chi connectivity index (χ1) is 18.3. The molecule has 0 radical (unpaired) electrons. The highest BCUT2D eigenvalue weighted by Crippen LogP contribution is 2.30. The number of nitrogens with zero attached hydrogens (tertiary/aromatic N) is 1. The van der Waals surface area contributed by atoms with Crippen LogP contribution in [0.25, 0.3) is 0 Å². The quantitative estimate of drug-likeness (QED) is 0.279. The van der Waals surface area contributed by atoms with Crippen LogP contribution in [0.5, 0.6) is 0 Å². The van der Waals surface area contributed by atoms with Crippen LogP contribution in [-0.2, 0) is 20.7 Å². The number of hydrogen-bond acceptors (Lipinski definition) is 6. The maximum atomic E-state index is 13.1. The number of imide groups is 1. The van der Waals surface area contributed by atoms with Crippen LogP contribution in [0, 0.1) is 0 Å². The number of aryl methyl sites for hydroxylation is 1. The molecule has 1 heterocycles. The second-order valence-electron chi connectivity index (χ2n) is 8.53. The summed E-state index contributed by atoms with van der Waals surface area (Å²) in [6.07, 6.45) is 1.54. The molecule has 9 heteroatoms. The number of amides is 3. The number of carbonyl (C=O) groups excluding carboxylic acids is 4. The smallest absolute Gasteiger partial charge is 0.338 e. The van der Waals surface area contributed by atoms with Crippen LogP contribution in [0.4, 0.5) is 17.1 Å². The second kappa shape index (κ2) is 11.7. The Kier molecular flexibility index (Phi) is 8.23. The minimum atomic E-state index is -0.630. The van der Waals surface area contributed by atoms with E-state index in [1.165, 1.54) is 12.1 Å². The van der Waals surface area contributed by atoms with Gasteiger partial charge in [-0.1, -0.05) is 49.7 Å². The molecule has 194 valence electrons. The Balaban J connectivity index is 1.48. The Morgan fingerprint density at radius 2 is 1.53 bits per heavy atom. The lowest BCUT2D eigenvalue weighted by Gasteiger charge is -2.15. The topological polar surface area (TPSA) is 105 Å². The van der Waals surface area contributed by atoms with Gasteiger partial charge in [0, 0.05) is 16.9 Å².